The molecule has 0 atom stereocenters. The van der Waals surface area contributed by atoms with Crippen LogP contribution in [-0.2, 0) is 7.05 Å². The van der Waals surface area contributed by atoms with Gasteiger partial charge in [0, 0.05) is 13.1 Å². The quantitative estimate of drug-likeness (QED) is 0.483. The third-order valence-corrected chi connectivity index (χ3v) is 3.86. The van der Waals surface area contributed by atoms with Crippen molar-refractivity contribution in [2.75, 3.05) is 6.61 Å². The SMILES string of the molecule is Cc1cc(Oc2ccc(Oc3ccc(OCC=C(Cl)Cl)cc3)cc2)n(C)n1. The molecule has 0 fully saturated rings. The lowest BCUT2D eigenvalue weighted by Gasteiger charge is -2.09. The lowest BCUT2D eigenvalue weighted by molar-refractivity contribution is 0.362. The largest absolute Gasteiger partial charge is 0.489 e. The van der Waals surface area contributed by atoms with Gasteiger partial charge in [-0.3, -0.25) is 0 Å². The van der Waals surface area contributed by atoms with Crippen LogP contribution in [0.1, 0.15) is 5.69 Å². The summed E-state index contributed by atoms with van der Waals surface area (Å²) < 4.78 is 19.0. The number of benzene rings is 2. The van der Waals surface area contributed by atoms with Gasteiger partial charge in [0.1, 0.15) is 34.1 Å². The molecule has 0 aliphatic carbocycles. The van der Waals surface area contributed by atoms with Crippen LogP contribution in [0.5, 0.6) is 28.9 Å². The van der Waals surface area contributed by atoms with Gasteiger partial charge in [0.05, 0.1) is 5.69 Å². The average Bonchev–Trinajstić information content (AvgIpc) is 2.95. The van der Waals surface area contributed by atoms with Gasteiger partial charge in [0.25, 0.3) is 0 Å². The van der Waals surface area contributed by atoms with E-state index in [1.165, 1.54) is 0 Å². The van der Waals surface area contributed by atoms with E-state index >= 15 is 0 Å². The Labute approximate surface area is 167 Å². The molecule has 0 bridgehead atoms. The molecule has 0 saturated carbocycles. The summed E-state index contributed by atoms with van der Waals surface area (Å²) in [6.07, 6.45) is 1.57. The Morgan fingerprint density at radius 1 is 0.926 bits per heavy atom. The highest BCUT2D eigenvalue weighted by atomic mass is 35.5. The van der Waals surface area contributed by atoms with Crippen molar-refractivity contribution < 1.29 is 14.2 Å². The molecular formula is C20H18Cl2N2O3. The summed E-state index contributed by atoms with van der Waals surface area (Å²) in [5.41, 5.74) is 0.904. The number of hydrogen-bond acceptors (Lipinski definition) is 4. The van der Waals surface area contributed by atoms with Crippen LogP contribution in [0.15, 0.2) is 65.2 Å². The van der Waals surface area contributed by atoms with E-state index in [1.807, 2.05) is 68.6 Å². The minimum Gasteiger partial charge on any atom is -0.489 e. The number of ether oxygens (including phenoxy) is 3. The Kier molecular flexibility index (Phi) is 6.27. The van der Waals surface area contributed by atoms with E-state index in [-0.39, 0.29) is 4.49 Å². The second kappa shape index (κ2) is 8.84. The van der Waals surface area contributed by atoms with E-state index < -0.39 is 0 Å². The highest BCUT2D eigenvalue weighted by molar-refractivity contribution is 6.55. The number of halogens is 2. The maximum atomic E-state index is 5.83. The van der Waals surface area contributed by atoms with Gasteiger partial charge in [-0.05, 0) is 61.5 Å². The molecule has 27 heavy (non-hydrogen) atoms. The minimum atomic E-state index is 0.181. The molecule has 3 rings (SSSR count). The minimum absolute atomic E-state index is 0.181. The first-order valence-corrected chi connectivity index (χ1v) is 8.95. The van der Waals surface area contributed by atoms with Gasteiger partial charge in [0.2, 0.25) is 5.88 Å². The van der Waals surface area contributed by atoms with Crippen LogP contribution >= 0.6 is 23.2 Å². The molecule has 7 heteroatoms. The van der Waals surface area contributed by atoms with E-state index in [0.29, 0.717) is 35.5 Å². The standard InChI is InChI=1S/C20H18Cl2N2O3/c1-14-13-20(24(2)23-14)27-18-9-7-17(8-10-18)26-16-5-3-15(4-6-16)25-12-11-19(21)22/h3-11,13H,12H2,1-2H3. The van der Waals surface area contributed by atoms with Crippen molar-refractivity contribution in [3.63, 3.8) is 0 Å². The van der Waals surface area contributed by atoms with Gasteiger partial charge in [0.15, 0.2) is 0 Å². The van der Waals surface area contributed by atoms with E-state index in [0.717, 1.165) is 5.69 Å². The lowest BCUT2D eigenvalue weighted by atomic mass is 10.3. The van der Waals surface area contributed by atoms with E-state index in [4.69, 9.17) is 37.4 Å². The number of aryl methyl sites for hydroxylation is 2. The fraction of sp³-hybridized carbons (Fsp3) is 0.150. The highest BCUT2D eigenvalue weighted by Gasteiger charge is 2.05. The summed E-state index contributed by atoms with van der Waals surface area (Å²) in [6.45, 7) is 2.23. The Hall–Kier alpha value is -2.63. The fourth-order valence-electron chi connectivity index (χ4n) is 2.32. The van der Waals surface area contributed by atoms with Gasteiger partial charge in [-0.2, -0.15) is 5.10 Å². The summed E-state index contributed by atoms with van der Waals surface area (Å²) in [5, 5.41) is 4.26. The zero-order valence-corrected chi connectivity index (χ0v) is 16.4. The molecule has 0 N–H and O–H groups in total. The zero-order chi connectivity index (χ0) is 19.2. The molecule has 0 spiro atoms. The van der Waals surface area contributed by atoms with Crippen LogP contribution < -0.4 is 14.2 Å². The molecule has 0 saturated heterocycles. The summed E-state index contributed by atoms with van der Waals surface area (Å²) in [7, 11) is 1.84. The fourth-order valence-corrected chi connectivity index (χ4v) is 2.45. The van der Waals surface area contributed by atoms with Crippen molar-refractivity contribution in [1.29, 1.82) is 0 Å². The normalized spacial score (nSPS) is 10.4. The van der Waals surface area contributed by atoms with Crippen molar-refractivity contribution in [3.05, 3.63) is 70.9 Å². The number of nitrogens with zero attached hydrogens (tertiary/aromatic N) is 2. The Balaban J connectivity index is 1.58. The van der Waals surface area contributed by atoms with Crippen LogP contribution in [0.3, 0.4) is 0 Å². The van der Waals surface area contributed by atoms with Crippen molar-refractivity contribution in [2.24, 2.45) is 7.05 Å². The molecule has 3 aromatic rings. The van der Waals surface area contributed by atoms with Gasteiger partial charge >= 0.3 is 0 Å². The third-order valence-electron chi connectivity index (χ3n) is 3.55. The van der Waals surface area contributed by atoms with Gasteiger partial charge in [-0.1, -0.05) is 23.2 Å². The molecule has 5 nitrogen and oxygen atoms in total. The third kappa shape index (κ3) is 5.67. The monoisotopic (exact) mass is 404 g/mol. The van der Waals surface area contributed by atoms with Crippen LogP contribution in [0.4, 0.5) is 0 Å². The topological polar surface area (TPSA) is 45.5 Å². The second-order valence-corrected chi connectivity index (χ2v) is 6.71. The van der Waals surface area contributed by atoms with E-state index in [2.05, 4.69) is 5.10 Å². The summed E-state index contributed by atoms with van der Waals surface area (Å²) in [6, 6.07) is 16.5. The van der Waals surface area contributed by atoms with E-state index in [1.54, 1.807) is 10.8 Å². The predicted molar refractivity (Wildman–Crippen MR) is 106 cm³/mol. The van der Waals surface area contributed by atoms with Crippen molar-refractivity contribution in [1.82, 2.24) is 9.78 Å². The van der Waals surface area contributed by atoms with Crippen LogP contribution in [-0.4, -0.2) is 16.4 Å². The molecular weight excluding hydrogens is 387 g/mol. The molecule has 0 radical (unpaired) electrons. The summed E-state index contributed by atoms with van der Waals surface area (Å²) in [5.74, 6) is 3.49. The van der Waals surface area contributed by atoms with Crippen molar-refractivity contribution in [3.8, 4) is 28.9 Å². The molecule has 140 valence electrons. The van der Waals surface area contributed by atoms with Gasteiger partial charge in [-0.25, -0.2) is 4.68 Å². The Bertz CT molecular complexity index is 915. The number of aromatic nitrogens is 2. The number of hydrogen-bond donors (Lipinski definition) is 0. The highest BCUT2D eigenvalue weighted by Crippen LogP contribution is 2.28. The molecule has 1 heterocycles. The first kappa shape index (κ1) is 19.1. The smallest absolute Gasteiger partial charge is 0.217 e. The van der Waals surface area contributed by atoms with Crippen LogP contribution in [0.2, 0.25) is 0 Å². The van der Waals surface area contributed by atoms with Gasteiger partial charge < -0.3 is 14.2 Å². The number of rotatable bonds is 7. The zero-order valence-electron chi connectivity index (χ0n) is 14.9. The van der Waals surface area contributed by atoms with Crippen LogP contribution in [0.25, 0.3) is 0 Å². The second-order valence-electron chi connectivity index (χ2n) is 5.70. The molecule has 0 aliphatic rings. The summed E-state index contributed by atoms with van der Waals surface area (Å²) in [4.78, 5) is 0. The molecule has 1 aromatic heterocycles. The maximum absolute atomic E-state index is 5.83. The van der Waals surface area contributed by atoms with Crippen molar-refractivity contribution in [2.45, 2.75) is 6.92 Å². The lowest BCUT2D eigenvalue weighted by Crippen LogP contribution is -1.95. The summed E-state index contributed by atoms with van der Waals surface area (Å²) >= 11 is 11.1. The first-order chi connectivity index (χ1) is 13.0. The maximum Gasteiger partial charge on any atom is 0.217 e. The molecule has 0 aliphatic heterocycles. The molecule has 0 amide bonds. The predicted octanol–water partition coefficient (Wildman–Crippen LogP) is 6.01. The molecule has 2 aromatic carbocycles. The van der Waals surface area contributed by atoms with Crippen molar-refractivity contribution >= 4 is 23.2 Å². The Morgan fingerprint density at radius 2 is 1.44 bits per heavy atom. The van der Waals surface area contributed by atoms with Gasteiger partial charge in [-0.15, -0.1) is 0 Å². The average molecular weight is 405 g/mol. The van der Waals surface area contributed by atoms with Crippen LogP contribution in [0, 0.1) is 6.92 Å². The Morgan fingerprint density at radius 3 is 1.93 bits per heavy atom. The first-order valence-electron chi connectivity index (χ1n) is 8.20. The van der Waals surface area contributed by atoms with E-state index in [9.17, 15) is 0 Å². The molecule has 0 unspecified atom stereocenters.